The van der Waals surface area contributed by atoms with Crippen LogP contribution in [0, 0.1) is 0 Å². The first-order chi connectivity index (χ1) is 12.3. The van der Waals surface area contributed by atoms with E-state index in [1.165, 1.54) is 34.9 Å². The van der Waals surface area contributed by atoms with Gasteiger partial charge in [0.25, 0.3) is 0 Å². The second-order valence-electron chi connectivity index (χ2n) is 6.84. The zero-order valence-electron chi connectivity index (χ0n) is 15.5. The fourth-order valence-corrected chi connectivity index (χ4v) is 3.84. The Morgan fingerprint density at radius 2 is 1.78 bits per heavy atom. The fourth-order valence-electron chi connectivity index (χ4n) is 3.84. The van der Waals surface area contributed by atoms with Crippen molar-refractivity contribution in [3.63, 3.8) is 0 Å². The van der Waals surface area contributed by atoms with Crippen LogP contribution < -0.4 is 4.74 Å². The van der Waals surface area contributed by atoms with Crippen LogP contribution in [0.1, 0.15) is 30.0 Å². The molecule has 4 rings (SSSR count). The van der Waals surface area contributed by atoms with Gasteiger partial charge in [-0.05, 0) is 36.9 Å². The summed E-state index contributed by atoms with van der Waals surface area (Å²) in [7, 11) is 1.75. The van der Waals surface area contributed by atoms with Crippen molar-refractivity contribution in [3.05, 3.63) is 72.1 Å². The molecule has 3 nitrogen and oxygen atoms in total. The van der Waals surface area contributed by atoms with Gasteiger partial charge in [0.15, 0.2) is 0 Å². The van der Waals surface area contributed by atoms with Gasteiger partial charge in [0.1, 0.15) is 5.75 Å². The third kappa shape index (κ3) is 4.92. The molecule has 0 radical (unpaired) electrons. The minimum atomic E-state index is 0. The Balaban J connectivity index is 0.00000131. The van der Waals surface area contributed by atoms with Crippen molar-refractivity contribution in [2.75, 3.05) is 20.2 Å². The Kier molecular flexibility index (Phi) is 7.91. The van der Waals surface area contributed by atoms with E-state index in [0.29, 0.717) is 5.92 Å². The average molecular weight is 405 g/mol. The lowest BCUT2D eigenvalue weighted by atomic mass is 9.93. The standard InChI is InChI=1S/C22H24N2O.2ClH/c1-25-22-11-5-4-9-20(22)16-24-12-6-10-19(15-24)21-13-17-7-2-3-8-18(17)14-23-21;;/h2-5,7-9,11,13-14,19H,6,10,12,15-16H2,1H3;2*1H. The summed E-state index contributed by atoms with van der Waals surface area (Å²) in [6.45, 7) is 3.14. The van der Waals surface area contributed by atoms with Gasteiger partial charge in [0, 0.05) is 41.8 Å². The van der Waals surface area contributed by atoms with Crippen molar-refractivity contribution in [3.8, 4) is 5.75 Å². The molecule has 2 aromatic carbocycles. The largest absolute Gasteiger partial charge is 0.496 e. The fraction of sp³-hybridized carbons (Fsp3) is 0.318. The first-order valence-corrected chi connectivity index (χ1v) is 9.02. The zero-order valence-corrected chi connectivity index (χ0v) is 17.1. The molecule has 3 aromatic rings. The highest BCUT2D eigenvalue weighted by Gasteiger charge is 2.23. The van der Waals surface area contributed by atoms with E-state index in [4.69, 9.17) is 9.72 Å². The van der Waals surface area contributed by atoms with E-state index in [0.717, 1.165) is 25.4 Å². The van der Waals surface area contributed by atoms with Gasteiger partial charge in [-0.15, -0.1) is 24.8 Å². The number of halogens is 2. The number of likely N-dealkylation sites (tertiary alicyclic amines) is 1. The Morgan fingerprint density at radius 1 is 1.04 bits per heavy atom. The molecule has 0 aliphatic carbocycles. The summed E-state index contributed by atoms with van der Waals surface area (Å²) in [4.78, 5) is 7.29. The lowest BCUT2D eigenvalue weighted by Gasteiger charge is -2.32. The quantitative estimate of drug-likeness (QED) is 0.576. The molecule has 1 aliphatic rings. The van der Waals surface area contributed by atoms with Gasteiger partial charge >= 0.3 is 0 Å². The summed E-state index contributed by atoms with van der Waals surface area (Å²) in [5.41, 5.74) is 2.49. The molecule has 1 unspecified atom stereocenters. The summed E-state index contributed by atoms with van der Waals surface area (Å²) in [5, 5.41) is 2.50. The summed E-state index contributed by atoms with van der Waals surface area (Å²) in [5.74, 6) is 1.49. The molecule has 0 bridgehead atoms. The van der Waals surface area contributed by atoms with Crippen LogP contribution in [0.15, 0.2) is 60.8 Å². The number of aromatic nitrogens is 1. The van der Waals surface area contributed by atoms with E-state index in [-0.39, 0.29) is 24.8 Å². The molecule has 2 heterocycles. The molecular formula is C22H26Cl2N2O. The maximum absolute atomic E-state index is 5.51. The Morgan fingerprint density at radius 3 is 2.59 bits per heavy atom. The summed E-state index contributed by atoms with van der Waals surface area (Å²) in [6.07, 6.45) is 4.45. The second-order valence-corrected chi connectivity index (χ2v) is 6.84. The molecule has 27 heavy (non-hydrogen) atoms. The van der Waals surface area contributed by atoms with E-state index in [1.54, 1.807) is 7.11 Å². The van der Waals surface area contributed by atoms with E-state index >= 15 is 0 Å². The van der Waals surface area contributed by atoms with Crippen LogP contribution >= 0.6 is 24.8 Å². The van der Waals surface area contributed by atoms with Crippen molar-refractivity contribution >= 4 is 35.6 Å². The maximum atomic E-state index is 5.51. The van der Waals surface area contributed by atoms with Crippen LogP contribution in [-0.4, -0.2) is 30.1 Å². The third-order valence-electron chi connectivity index (χ3n) is 5.16. The van der Waals surface area contributed by atoms with Crippen LogP contribution in [-0.2, 0) is 6.54 Å². The van der Waals surface area contributed by atoms with Gasteiger partial charge in [-0.3, -0.25) is 9.88 Å². The number of ether oxygens (including phenoxy) is 1. The van der Waals surface area contributed by atoms with Crippen molar-refractivity contribution in [1.82, 2.24) is 9.88 Å². The van der Waals surface area contributed by atoms with Crippen molar-refractivity contribution in [2.24, 2.45) is 0 Å². The number of hydrogen-bond acceptors (Lipinski definition) is 3. The van der Waals surface area contributed by atoms with Crippen molar-refractivity contribution < 1.29 is 4.74 Å². The van der Waals surface area contributed by atoms with Gasteiger partial charge in [-0.1, -0.05) is 42.5 Å². The second kappa shape index (κ2) is 9.93. The molecule has 0 amide bonds. The molecule has 5 heteroatoms. The number of para-hydroxylation sites is 1. The summed E-state index contributed by atoms with van der Waals surface area (Å²) < 4.78 is 5.51. The van der Waals surface area contributed by atoms with Crippen LogP contribution in [0.4, 0.5) is 0 Å². The summed E-state index contributed by atoms with van der Waals surface area (Å²) >= 11 is 0. The first kappa shape index (κ1) is 21.5. The number of benzene rings is 2. The number of rotatable bonds is 4. The minimum Gasteiger partial charge on any atom is -0.496 e. The monoisotopic (exact) mass is 404 g/mol. The number of fused-ring (bicyclic) bond motifs is 1. The molecule has 0 N–H and O–H groups in total. The topological polar surface area (TPSA) is 25.4 Å². The minimum absolute atomic E-state index is 0. The number of methoxy groups -OCH3 is 1. The predicted molar refractivity (Wildman–Crippen MR) is 116 cm³/mol. The van der Waals surface area contributed by atoms with Gasteiger partial charge in [0.2, 0.25) is 0 Å². The van der Waals surface area contributed by atoms with Gasteiger partial charge in [0.05, 0.1) is 7.11 Å². The van der Waals surface area contributed by atoms with Gasteiger partial charge < -0.3 is 4.74 Å². The highest BCUT2D eigenvalue weighted by molar-refractivity contribution is 5.85. The summed E-state index contributed by atoms with van der Waals surface area (Å²) in [6, 6.07) is 19.1. The van der Waals surface area contributed by atoms with E-state index in [9.17, 15) is 0 Å². The van der Waals surface area contributed by atoms with Crippen LogP contribution in [0.25, 0.3) is 10.8 Å². The molecule has 0 saturated carbocycles. The molecule has 1 atom stereocenters. The van der Waals surface area contributed by atoms with Gasteiger partial charge in [-0.2, -0.15) is 0 Å². The Labute approximate surface area is 173 Å². The molecule has 144 valence electrons. The van der Waals surface area contributed by atoms with E-state index < -0.39 is 0 Å². The van der Waals surface area contributed by atoms with E-state index in [1.807, 2.05) is 18.3 Å². The normalized spacial score (nSPS) is 17.0. The van der Waals surface area contributed by atoms with Crippen LogP contribution in [0.5, 0.6) is 5.75 Å². The number of hydrogen-bond donors (Lipinski definition) is 0. The lowest BCUT2D eigenvalue weighted by molar-refractivity contribution is 0.196. The molecular weight excluding hydrogens is 379 g/mol. The third-order valence-corrected chi connectivity index (χ3v) is 5.16. The van der Waals surface area contributed by atoms with Crippen LogP contribution in [0.3, 0.4) is 0 Å². The number of nitrogens with zero attached hydrogens (tertiary/aromatic N) is 2. The van der Waals surface area contributed by atoms with Crippen LogP contribution in [0.2, 0.25) is 0 Å². The SMILES string of the molecule is COc1ccccc1CN1CCCC(c2cc3ccccc3cn2)C1.Cl.Cl. The highest BCUT2D eigenvalue weighted by atomic mass is 35.5. The molecule has 0 spiro atoms. The first-order valence-electron chi connectivity index (χ1n) is 9.02. The average Bonchev–Trinajstić information content (AvgIpc) is 2.68. The molecule has 1 aromatic heterocycles. The number of pyridine rings is 1. The molecule has 1 saturated heterocycles. The number of piperidine rings is 1. The smallest absolute Gasteiger partial charge is 0.123 e. The lowest BCUT2D eigenvalue weighted by Crippen LogP contribution is -2.34. The molecule has 1 fully saturated rings. The highest BCUT2D eigenvalue weighted by Crippen LogP contribution is 2.29. The van der Waals surface area contributed by atoms with Gasteiger partial charge in [-0.25, -0.2) is 0 Å². The van der Waals surface area contributed by atoms with Crippen molar-refractivity contribution in [2.45, 2.75) is 25.3 Å². The predicted octanol–water partition coefficient (Wildman–Crippen LogP) is 5.47. The van der Waals surface area contributed by atoms with Crippen molar-refractivity contribution in [1.29, 1.82) is 0 Å². The Bertz CT molecular complexity index is 872. The maximum Gasteiger partial charge on any atom is 0.123 e. The van der Waals surface area contributed by atoms with E-state index in [2.05, 4.69) is 47.4 Å². The molecule has 1 aliphatic heterocycles. The zero-order chi connectivity index (χ0) is 17.1. The Hall–Kier alpha value is -1.81.